The molecule has 0 unspecified atom stereocenters. The third kappa shape index (κ3) is 4.69. The van der Waals surface area contributed by atoms with E-state index in [1.165, 1.54) is 10.7 Å². The zero-order valence-electron chi connectivity index (χ0n) is 18.5. The first kappa shape index (κ1) is 22.3. The van der Waals surface area contributed by atoms with Crippen LogP contribution in [0, 0.1) is 27.7 Å². The Bertz CT molecular complexity index is 1020. The summed E-state index contributed by atoms with van der Waals surface area (Å²) in [6.45, 7) is 7.00. The molecule has 0 radical (unpaired) electrons. The van der Waals surface area contributed by atoms with Crippen LogP contribution in [0.4, 0.5) is 5.69 Å². The zero-order chi connectivity index (χ0) is 22.1. The summed E-state index contributed by atoms with van der Waals surface area (Å²) in [5.74, 6) is -0.274. The van der Waals surface area contributed by atoms with E-state index in [1.807, 2.05) is 19.9 Å². The molecule has 0 spiro atoms. The number of carbonyl (C=O) groups is 1. The van der Waals surface area contributed by atoms with Crippen molar-refractivity contribution in [1.82, 2.24) is 15.1 Å². The first-order valence-electron chi connectivity index (χ1n) is 10.5. The summed E-state index contributed by atoms with van der Waals surface area (Å²) in [4.78, 5) is 13.0. The second-order valence-corrected chi connectivity index (χ2v) is 10.2. The summed E-state index contributed by atoms with van der Waals surface area (Å²) in [6.07, 6.45) is 5.27. The number of nitrogens with zero attached hydrogens (tertiary/aromatic N) is 3. The van der Waals surface area contributed by atoms with Gasteiger partial charge in [0.15, 0.2) is 0 Å². The Kier molecular flexibility index (Phi) is 6.55. The number of carbonyl (C=O) groups excluding carboxylic acids is 1. The number of amides is 1. The van der Waals surface area contributed by atoms with Crippen LogP contribution in [0.3, 0.4) is 0 Å². The molecule has 0 saturated heterocycles. The van der Waals surface area contributed by atoms with Gasteiger partial charge in [-0.25, -0.2) is 8.42 Å². The number of aryl methyl sites for hydroxylation is 4. The van der Waals surface area contributed by atoms with Gasteiger partial charge < -0.3 is 5.32 Å². The highest BCUT2D eigenvalue weighted by Crippen LogP contribution is 2.29. The Morgan fingerprint density at radius 1 is 1.10 bits per heavy atom. The lowest BCUT2D eigenvalue weighted by Crippen LogP contribution is -2.45. The topological polar surface area (TPSA) is 84.3 Å². The van der Waals surface area contributed by atoms with Crippen LogP contribution in [-0.4, -0.2) is 36.7 Å². The van der Waals surface area contributed by atoms with E-state index < -0.39 is 10.0 Å². The standard InChI is InChI=1S/C22H32N4O3S/c1-15-11-16(2)13-20(12-15)26(14-21(27)23-19-9-7-6-8-10-19)30(28,29)22-17(3)24-25(5)18(22)4/h11-13,19H,6-10,14H2,1-5H3,(H,23,27). The van der Waals surface area contributed by atoms with Crippen LogP contribution in [0.2, 0.25) is 0 Å². The summed E-state index contributed by atoms with van der Waals surface area (Å²) in [6, 6.07) is 5.72. The summed E-state index contributed by atoms with van der Waals surface area (Å²) in [7, 11) is -2.25. The number of anilines is 1. The Morgan fingerprint density at radius 3 is 2.23 bits per heavy atom. The fourth-order valence-corrected chi connectivity index (χ4v) is 6.11. The number of nitrogens with one attached hydrogen (secondary N) is 1. The molecule has 1 saturated carbocycles. The maximum Gasteiger partial charge on any atom is 0.268 e. The van der Waals surface area contributed by atoms with Crippen molar-refractivity contribution >= 4 is 21.6 Å². The van der Waals surface area contributed by atoms with Gasteiger partial charge in [-0.3, -0.25) is 13.8 Å². The van der Waals surface area contributed by atoms with Crippen LogP contribution in [0.15, 0.2) is 23.1 Å². The number of hydrogen-bond donors (Lipinski definition) is 1. The zero-order valence-corrected chi connectivity index (χ0v) is 19.3. The van der Waals surface area contributed by atoms with Crippen molar-refractivity contribution in [3.05, 3.63) is 40.7 Å². The Hall–Kier alpha value is -2.35. The molecule has 1 amide bonds. The molecule has 164 valence electrons. The highest BCUT2D eigenvalue weighted by molar-refractivity contribution is 7.93. The number of rotatable bonds is 6. The summed E-state index contributed by atoms with van der Waals surface area (Å²) in [5.41, 5.74) is 3.36. The molecular formula is C22H32N4O3S. The van der Waals surface area contributed by atoms with Gasteiger partial charge in [0.1, 0.15) is 11.4 Å². The molecule has 0 atom stereocenters. The lowest BCUT2D eigenvalue weighted by molar-refractivity contribution is -0.120. The average molecular weight is 433 g/mol. The van der Waals surface area contributed by atoms with Crippen LogP contribution in [0.5, 0.6) is 0 Å². The summed E-state index contributed by atoms with van der Waals surface area (Å²) >= 11 is 0. The van der Waals surface area contributed by atoms with E-state index in [9.17, 15) is 13.2 Å². The predicted molar refractivity (Wildman–Crippen MR) is 118 cm³/mol. The van der Waals surface area contributed by atoms with Crippen LogP contribution in [-0.2, 0) is 21.9 Å². The first-order chi connectivity index (χ1) is 14.1. The number of hydrogen-bond acceptors (Lipinski definition) is 4. The first-order valence-corrected chi connectivity index (χ1v) is 11.9. The molecule has 1 heterocycles. The molecule has 0 aliphatic heterocycles. The molecular weight excluding hydrogens is 400 g/mol. The maximum absolute atomic E-state index is 13.7. The molecule has 2 aromatic rings. The third-order valence-electron chi connectivity index (χ3n) is 5.74. The van der Waals surface area contributed by atoms with Gasteiger partial charge in [0, 0.05) is 13.1 Å². The van der Waals surface area contributed by atoms with E-state index in [0.717, 1.165) is 36.8 Å². The molecule has 7 nitrogen and oxygen atoms in total. The fourth-order valence-electron chi connectivity index (χ4n) is 4.30. The van der Waals surface area contributed by atoms with Crippen molar-refractivity contribution in [2.24, 2.45) is 7.05 Å². The van der Waals surface area contributed by atoms with E-state index >= 15 is 0 Å². The molecule has 3 rings (SSSR count). The van der Waals surface area contributed by atoms with E-state index in [0.29, 0.717) is 17.1 Å². The van der Waals surface area contributed by atoms with Crippen LogP contribution in [0.1, 0.15) is 54.6 Å². The van der Waals surface area contributed by atoms with Crippen LogP contribution >= 0.6 is 0 Å². The number of benzene rings is 1. The van der Waals surface area contributed by atoms with Gasteiger partial charge in [0.05, 0.1) is 17.1 Å². The molecule has 8 heteroatoms. The molecule has 30 heavy (non-hydrogen) atoms. The lowest BCUT2D eigenvalue weighted by atomic mass is 9.95. The van der Waals surface area contributed by atoms with Crippen molar-refractivity contribution < 1.29 is 13.2 Å². The van der Waals surface area contributed by atoms with E-state index in [-0.39, 0.29) is 23.4 Å². The van der Waals surface area contributed by atoms with Crippen molar-refractivity contribution in [1.29, 1.82) is 0 Å². The minimum absolute atomic E-state index is 0.122. The molecule has 1 aromatic carbocycles. The fraction of sp³-hybridized carbons (Fsp3) is 0.545. The average Bonchev–Trinajstić information content (AvgIpc) is 2.92. The Balaban J connectivity index is 1.99. The van der Waals surface area contributed by atoms with Gasteiger partial charge in [0.2, 0.25) is 5.91 Å². The van der Waals surface area contributed by atoms with E-state index in [4.69, 9.17) is 0 Å². The molecule has 1 aliphatic rings. The summed E-state index contributed by atoms with van der Waals surface area (Å²) < 4.78 is 30.2. The van der Waals surface area contributed by atoms with Gasteiger partial charge in [-0.05, 0) is 63.8 Å². The molecule has 0 bridgehead atoms. The van der Waals surface area contributed by atoms with Gasteiger partial charge >= 0.3 is 0 Å². The van der Waals surface area contributed by atoms with E-state index in [1.54, 1.807) is 37.7 Å². The molecule has 1 N–H and O–H groups in total. The van der Waals surface area contributed by atoms with Crippen LogP contribution < -0.4 is 9.62 Å². The third-order valence-corrected chi connectivity index (χ3v) is 7.77. The smallest absolute Gasteiger partial charge is 0.268 e. The van der Waals surface area contributed by atoms with Crippen molar-refractivity contribution in [3.63, 3.8) is 0 Å². The number of sulfonamides is 1. The molecule has 1 fully saturated rings. The van der Waals surface area contributed by atoms with Gasteiger partial charge in [0.25, 0.3) is 10.0 Å². The Labute approximate surface area is 179 Å². The van der Waals surface area contributed by atoms with E-state index in [2.05, 4.69) is 10.4 Å². The monoisotopic (exact) mass is 432 g/mol. The second-order valence-electron chi connectivity index (χ2n) is 8.38. The van der Waals surface area contributed by atoms with Crippen LogP contribution in [0.25, 0.3) is 0 Å². The molecule has 1 aliphatic carbocycles. The van der Waals surface area contributed by atoms with Crippen molar-refractivity contribution in [2.75, 3.05) is 10.8 Å². The molecule has 1 aromatic heterocycles. The van der Waals surface area contributed by atoms with Crippen molar-refractivity contribution in [2.45, 2.75) is 70.7 Å². The highest BCUT2D eigenvalue weighted by Gasteiger charge is 2.33. The minimum Gasteiger partial charge on any atom is -0.352 e. The second kappa shape index (κ2) is 8.79. The summed E-state index contributed by atoms with van der Waals surface area (Å²) in [5, 5.41) is 7.31. The lowest BCUT2D eigenvalue weighted by Gasteiger charge is -2.27. The van der Waals surface area contributed by atoms with Gasteiger partial charge in [-0.2, -0.15) is 5.10 Å². The number of aromatic nitrogens is 2. The minimum atomic E-state index is -3.97. The maximum atomic E-state index is 13.7. The predicted octanol–water partition coefficient (Wildman–Crippen LogP) is 3.30. The Morgan fingerprint density at radius 2 is 1.70 bits per heavy atom. The SMILES string of the molecule is Cc1cc(C)cc(N(CC(=O)NC2CCCCC2)S(=O)(=O)c2c(C)nn(C)c2C)c1. The normalized spacial score (nSPS) is 15.2. The van der Waals surface area contributed by atoms with Gasteiger partial charge in [-0.15, -0.1) is 0 Å². The van der Waals surface area contributed by atoms with Gasteiger partial charge in [-0.1, -0.05) is 25.3 Å². The van der Waals surface area contributed by atoms with Crippen molar-refractivity contribution in [3.8, 4) is 0 Å². The largest absolute Gasteiger partial charge is 0.352 e. The highest BCUT2D eigenvalue weighted by atomic mass is 32.2. The quantitative estimate of drug-likeness (QED) is 0.759.